The van der Waals surface area contributed by atoms with E-state index in [-0.39, 0.29) is 18.5 Å². The molecule has 2 fully saturated rings. The summed E-state index contributed by atoms with van der Waals surface area (Å²) in [4.78, 5) is 14.2. The van der Waals surface area contributed by atoms with Crippen LogP contribution in [0.4, 0.5) is 0 Å². The Labute approximate surface area is 122 Å². The monoisotopic (exact) mass is 290 g/mol. The summed E-state index contributed by atoms with van der Waals surface area (Å²) in [5, 5.41) is 12.9. The van der Waals surface area contributed by atoms with E-state index in [1.165, 1.54) is 0 Å². The zero-order chi connectivity index (χ0) is 13.0. The highest BCUT2D eigenvalue weighted by molar-refractivity contribution is 5.85. The van der Waals surface area contributed by atoms with Crippen LogP contribution in [0.25, 0.3) is 0 Å². The standard InChI is InChI=1S/C14H26N2O2.ClH/c1-11(17)13-4-8-16(9-5-13)14(18)10-12-2-6-15-7-3-12;/h11-13,15,17H,2-10H2,1H3;1H. The molecule has 2 aliphatic rings. The second-order valence-corrected chi connectivity index (χ2v) is 5.86. The minimum Gasteiger partial charge on any atom is -0.393 e. The van der Waals surface area contributed by atoms with Crippen LogP contribution in [-0.4, -0.2) is 48.2 Å². The Kier molecular flexibility index (Phi) is 7.11. The van der Waals surface area contributed by atoms with E-state index in [1.54, 1.807) is 0 Å². The third kappa shape index (κ3) is 4.93. The molecule has 112 valence electrons. The first-order valence-electron chi connectivity index (χ1n) is 7.33. The molecule has 0 aromatic heterocycles. The van der Waals surface area contributed by atoms with Crippen LogP contribution < -0.4 is 5.32 Å². The van der Waals surface area contributed by atoms with Crippen LogP contribution in [0, 0.1) is 11.8 Å². The fourth-order valence-electron chi connectivity index (χ4n) is 3.09. The lowest BCUT2D eigenvalue weighted by molar-refractivity contribution is -0.134. The molecule has 0 spiro atoms. The van der Waals surface area contributed by atoms with Crippen LogP contribution in [0.1, 0.15) is 39.0 Å². The topological polar surface area (TPSA) is 52.6 Å². The number of carbonyl (C=O) groups excluding carboxylic acids is 1. The van der Waals surface area contributed by atoms with Crippen molar-refractivity contribution in [2.45, 2.75) is 45.1 Å². The number of hydrogen-bond acceptors (Lipinski definition) is 3. The van der Waals surface area contributed by atoms with Gasteiger partial charge in [-0.3, -0.25) is 4.79 Å². The molecule has 0 saturated carbocycles. The number of nitrogens with zero attached hydrogens (tertiary/aromatic N) is 1. The summed E-state index contributed by atoms with van der Waals surface area (Å²) in [7, 11) is 0. The van der Waals surface area contributed by atoms with Crippen molar-refractivity contribution >= 4 is 18.3 Å². The van der Waals surface area contributed by atoms with Crippen molar-refractivity contribution in [3.05, 3.63) is 0 Å². The Morgan fingerprint density at radius 1 is 1.26 bits per heavy atom. The van der Waals surface area contributed by atoms with Crippen LogP contribution in [0.5, 0.6) is 0 Å². The van der Waals surface area contributed by atoms with Gasteiger partial charge in [0.25, 0.3) is 0 Å². The van der Waals surface area contributed by atoms with E-state index in [0.717, 1.165) is 58.3 Å². The zero-order valence-electron chi connectivity index (χ0n) is 11.8. The highest BCUT2D eigenvalue weighted by Crippen LogP contribution is 2.23. The molecular formula is C14H27ClN2O2. The summed E-state index contributed by atoms with van der Waals surface area (Å²) in [5.74, 6) is 1.28. The smallest absolute Gasteiger partial charge is 0.222 e. The van der Waals surface area contributed by atoms with Crippen LogP contribution in [0.15, 0.2) is 0 Å². The van der Waals surface area contributed by atoms with Gasteiger partial charge >= 0.3 is 0 Å². The number of nitrogens with one attached hydrogen (secondary N) is 1. The Morgan fingerprint density at radius 2 is 1.84 bits per heavy atom. The van der Waals surface area contributed by atoms with E-state index in [9.17, 15) is 9.90 Å². The maximum atomic E-state index is 12.2. The SMILES string of the molecule is CC(O)C1CCN(C(=O)CC2CCNCC2)CC1.Cl. The predicted molar refractivity (Wildman–Crippen MR) is 78.4 cm³/mol. The number of halogens is 1. The first kappa shape index (κ1) is 16.7. The van der Waals surface area contributed by atoms with Gasteiger partial charge in [-0.15, -0.1) is 12.4 Å². The van der Waals surface area contributed by atoms with Crippen LogP contribution in [-0.2, 0) is 4.79 Å². The highest BCUT2D eigenvalue weighted by Gasteiger charge is 2.27. The van der Waals surface area contributed by atoms with E-state index in [2.05, 4.69) is 5.32 Å². The molecule has 0 aromatic rings. The minimum atomic E-state index is -0.230. The first-order valence-corrected chi connectivity index (χ1v) is 7.33. The fourth-order valence-corrected chi connectivity index (χ4v) is 3.09. The molecule has 4 nitrogen and oxygen atoms in total. The molecule has 19 heavy (non-hydrogen) atoms. The van der Waals surface area contributed by atoms with E-state index >= 15 is 0 Å². The minimum absolute atomic E-state index is 0. The van der Waals surface area contributed by atoms with Gasteiger partial charge < -0.3 is 15.3 Å². The molecule has 2 N–H and O–H groups in total. The molecule has 2 aliphatic heterocycles. The quantitative estimate of drug-likeness (QED) is 0.826. The maximum Gasteiger partial charge on any atom is 0.222 e. The molecule has 1 atom stereocenters. The average molecular weight is 291 g/mol. The van der Waals surface area contributed by atoms with E-state index in [0.29, 0.717) is 17.7 Å². The van der Waals surface area contributed by atoms with Crippen LogP contribution in [0.2, 0.25) is 0 Å². The molecule has 2 heterocycles. The third-order valence-corrected chi connectivity index (χ3v) is 4.50. The summed E-state index contributed by atoms with van der Waals surface area (Å²) in [6.45, 7) is 5.64. The predicted octanol–water partition coefficient (Wildman–Crippen LogP) is 1.42. The number of aliphatic hydroxyl groups is 1. The lowest BCUT2D eigenvalue weighted by Crippen LogP contribution is -2.42. The van der Waals surface area contributed by atoms with Gasteiger partial charge in [0.1, 0.15) is 0 Å². The number of amides is 1. The van der Waals surface area contributed by atoms with Crippen molar-refractivity contribution in [2.24, 2.45) is 11.8 Å². The molecule has 2 rings (SSSR count). The zero-order valence-corrected chi connectivity index (χ0v) is 12.6. The van der Waals surface area contributed by atoms with Crippen molar-refractivity contribution in [3.63, 3.8) is 0 Å². The van der Waals surface area contributed by atoms with Gasteiger partial charge in [-0.25, -0.2) is 0 Å². The Bertz CT molecular complexity index is 273. The molecular weight excluding hydrogens is 264 g/mol. The maximum absolute atomic E-state index is 12.2. The van der Waals surface area contributed by atoms with Gasteiger partial charge in [-0.2, -0.15) is 0 Å². The number of likely N-dealkylation sites (tertiary alicyclic amines) is 1. The third-order valence-electron chi connectivity index (χ3n) is 4.50. The molecule has 1 amide bonds. The number of carbonyl (C=O) groups is 1. The van der Waals surface area contributed by atoms with Gasteiger partial charge in [0.05, 0.1) is 6.10 Å². The summed E-state index contributed by atoms with van der Waals surface area (Å²) in [5.41, 5.74) is 0. The Hall–Kier alpha value is -0.320. The average Bonchev–Trinajstić information content (AvgIpc) is 2.40. The van der Waals surface area contributed by atoms with Crippen LogP contribution >= 0.6 is 12.4 Å². The van der Waals surface area contributed by atoms with Crippen molar-refractivity contribution in [1.29, 1.82) is 0 Å². The van der Waals surface area contributed by atoms with Crippen molar-refractivity contribution < 1.29 is 9.90 Å². The van der Waals surface area contributed by atoms with E-state index in [4.69, 9.17) is 0 Å². The lowest BCUT2D eigenvalue weighted by atomic mass is 9.90. The van der Waals surface area contributed by atoms with Gasteiger partial charge in [0.2, 0.25) is 5.91 Å². The highest BCUT2D eigenvalue weighted by atomic mass is 35.5. The second-order valence-electron chi connectivity index (χ2n) is 5.86. The lowest BCUT2D eigenvalue weighted by Gasteiger charge is -2.34. The molecule has 1 unspecified atom stereocenters. The Balaban J connectivity index is 0.00000180. The summed E-state index contributed by atoms with van der Waals surface area (Å²) >= 11 is 0. The van der Waals surface area contributed by atoms with Crippen LogP contribution in [0.3, 0.4) is 0 Å². The van der Waals surface area contributed by atoms with Crippen molar-refractivity contribution in [2.75, 3.05) is 26.2 Å². The number of aliphatic hydroxyl groups excluding tert-OH is 1. The summed E-state index contributed by atoms with van der Waals surface area (Å²) in [6.07, 6.45) is 4.67. The first-order chi connectivity index (χ1) is 8.66. The van der Waals surface area contributed by atoms with Crippen molar-refractivity contribution in [3.8, 4) is 0 Å². The number of piperidine rings is 2. The van der Waals surface area contributed by atoms with Gasteiger partial charge in [-0.05, 0) is 57.5 Å². The summed E-state index contributed by atoms with van der Waals surface area (Å²) < 4.78 is 0. The molecule has 0 radical (unpaired) electrons. The van der Waals surface area contributed by atoms with E-state index < -0.39 is 0 Å². The fraction of sp³-hybridized carbons (Fsp3) is 0.929. The van der Waals surface area contributed by atoms with E-state index in [1.807, 2.05) is 11.8 Å². The van der Waals surface area contributed by atoms with Gasteiger partial charge in [-0.1, -0.05) is 0 Å². The molecule has 0 bridgehead atoms. The molecule has 2 saturated heterocycles. The largest absolute Gasteiger partial charge is 0.393 e. The van der Waals surface area contributed by atoms with Gasteiger partial charge in [0, 0.05) is 19.5 Å². The molecule has 5 heteroatoms. The Morgan fingerprint density at radius 3 is 2.37 bits per heavy atom. The number of hydrogen-bond donors (Lipinski definition) is 2. The normalized spacial score (nSPS) is 23.8. The summed E-state index contributed by atoms with van der Waals surface area (Å²) in [6, 6.07) is 0. The molecule has 0 aliphatic carbocycles. The van der Waals surface area contributed by atoms with Crippen molar-refractivity contribution in [1.82, 2.24) is 10.2 Å². The molecule has 0 aromatic carbocycles. The number of rotatable bonds is 3. The second kappa shape index (κ2) is 8.08. The van der Waals surface area contributed by atoms with Gasteiger partial charge in [0.15, 0.2) is 0 Å².